The predicted octanol–water partition coefficient (Wildman–Crippen LogP) is 1.87. The van der Waals surface area contributed by atoms with Crippen LogP contribution >= 0.6 is 0 Å². The molecule has 0 aliphatic carbocycles. The summed E-state index contributed by atoms with van der Waals surface area (Å²) in [4.78, 5) is 14.2. The summed E-state index contributed by atoms with van der Waals surface area (Å²) < 4.78 is 12.9. The van der Waals surface area contributed by atoms with Crippen molar-refractivity contribution in [2.24, 2.45) is 7.05 Å². The van der Waals surface area contributed by atoms with Crippen molar-refractivity contribution in [3.8, 4) is 11.5 Å². The molecule has 1 N–H and O–H groups in total. The number of aliphatic hydroxyl groups is 1. The molecular formula is C20H25N3O4. The Kier molecular flexibility index (Phi) is 6.13. The highest BCUT2D eigenvalue weighted by molar-refractivity contribution is 5.91. The molecule has 0 bridgehead atoms. The average Bonchev–Trinajstić information content (AvgIpc) is 3.00. The molecule has 2 heterocycles. The van der Waals surface area contributed by atoms with Crippen molar-refractivity contribution < 1.29 is 19.4 Å². The van der Waals surface area contributed by atoms with Crippen LogP contribution in [0.2, 0.25) is 0 Å². The molecule has 2 atom stereocenters. The fraction of sp³-hybridized carbons (Fsp3) is 0.400. The van der Waals surface area contributed by atoms with E-state index in [2.05, 4.69) is 5.10 Å². The van der Waals surface area contributed by atoms with E-state index in [1.807, 2.05) is 31.3 Å². The van der Waals surface area contributed by atoms with E-state index in [1.54, 1.807) is 41.1 Å². The van der Waals surface area contributed by atoms with Crippen LogP contribution in [0.1, 0.15) is 18.5 Å². The molecule has 7 heteroatoms. The Morgan fingerprint density at radius 2 is 2.04 bits per heavy atom. The van der Waals surface area contributed by atoms with Gasteiger partial charge in [-0.05, 0) is 30.7 Å². The number of carbonyl (C=O) groups excluding carboxylic acids is 1. The summed E-state index contributed by atoms with van der Waals surface area (Å²) in [7, 11) is 3.43. The lowest BCUT2D eigenvalue weighted by molar-refractivity contribution is -0.126. The van der Waals surface area contributed by atoms with Crippen molar-refractivity contribution in [1.82, 2.24) is 14.7 Å². The quantitative estimate of drug-likeness (QED) is 0.812. The number of aromatic nitrogens is 2. The van der Waals surface area contributed by atoms with Gasteiger partial charge in [-0.1, -0.05) is 6.07 Å². The third-order valence-corrected chi connectivity index (χ3v) is 4.70. The molecule has 1 aliphatic heterocycles. The van der Waals surface area contributed by atoms with Gasteiger partial charge in [0.05, 0.1) is 18.9 Å². The van der Waals surface area contributed by atoms with Crippen molar-refractivity contribution >= 4 is 12.0 Å². The number of benzene rings is 1. The van der Waals surface area contributed by atoms with Crippen LogP contribution in [0.3, 0.4) is 0 Å². The van der Waals surface area contributed by atoms with Crippen LogP contribution in [0.25, 0.3) is 6.08 Å². The maximum atomic E-state index is 12.5. The van der Waals surface area contributed by atoms with Crippen molar-refractivity contribution in [2.45, 2.75) is 25.0 Å². The molecule has 7 nitrogen and oxygen atoms in total. The number of carbonyl (C=O) groups is 1. The van der Waals surface area contributed by atoms with Gasteiger partial charge in [-0.15, -0.1) is 0 Å². The van der Waals surface area contributed by atoms with Crippen LogP contribution in [0, 0.1) is 0 Å². The Balaban J connectivity index is 1.60. The molecule has 27 heavy (non-hydrogen) atoms. The highest BCUT2D eigenvalue weighted by atomic mass is 16.5. The largest absolute Gasteiger partial charge is 0.497 e. The topological polar surface area (TPSA) is 76.8 Å². The van der Waals surface area contributed by atoms with Gasteiger partial charge in [0.2, 0.25) is 5.91 Å². The molecule has 1 fully saturated rings. The predicted molar refractivity (Wildman–Crippen MR) is 101 cm³/mol. The van der Waals surface area contributed by atoms with Crippen LogP contribution in [-0.4, -0.2) is 58.1 Å². The van der Waals surface area contributed by atoms with Crippen molar-refractivity contribution in [3.63, 3.8) is 0 Å². The van der Waals surface area contributed by atoms with E-state index in [1.165, 1.54) is 0 Å². The zero-order valence-electron chi connectivity index (χ0n) is 15.6. The number of ether oxygens (including phenoxy) is 2. The third kappa shape index (κ3) is 4.89. The molecule has 2 aromatic rings. The Hall–Kier alpha value is -2.80. The lowest BCUT2D eigenvalue weighted by atomic mass is 10.1. The number of nitrogens with zero attached hydrogens (tertiary/aromatic N) is 3. The number of likely N-dealkylation sites (tertiary alicyclic amines) is 1. The minimum atomic E-state index is -0.630. The molecule has 1 aromatic carbocycles. The number of methoxy groups -OCH3 is 1. The Bertz CT molecular complexity index is 802. The van der Waals surface area contributed by atoms with Gasteiger partial charge in [0, 0.05) is 44.9 Å². The fourth-order valence-electron chi connectivity index (χ4n) is 3.08. The second-order valence-corrected chi connectivity index (χ2v) is 6.52. The lowest BCUT2D eigenvalue weighted by Gasteiger charge is -2.22. The Morgan fingerprint density at radius 1 is 1.26 bits per heavy atom. The van der Waals surface area contributed by atoms with E-state index in [0.717, 1.165) is 5.69 Å². The molecule has 1 saturated heterocycles. The van der Waals surface area contributed by atoms with Crippen LogP contribution in [0.15, 0.2) is 42.6 Å². The Labute approximate surface area is 158 Å². The van der Waals surface area contributed by atoms with E-state index in [-0.39, 0.29) is 12.0 Å². The minimum absolute atomic E-state index is 0.0783. The second-order valence-electron chi connectivity index (χ2n) is 6.52. The van der Waals surface area contributed by atoms with Gasteiger partial charge in [0.25, 0.3) is 0 Å². The summed E-state index contributed by atoms with van der Waals surface area (Å²) in [5.41, 5.74) is 0.859. The molecule has 1 amide bonds. The number of amides is 1. The van der Waals surface area contributed by atoms with Crippen LogP contribution in [0.5, 0.6) is 11.5 Å². The van der Waals surface area contributed by atoms with Crippen LogP contribution < -0.4 is 9.47 Å². The fourth-order valence-corrected chi connectivity index (χ4v) is 3.08. The highest BCUT2D eigenvalue weighted by Gasteiger charge is 2.27. The van der Waals surface area contributed by atoms with Crippen molar-refractivity contribution in [3.05, 3.63) is 48.3 Å². The molecule has 144 valence electrons. The number of rotatable bonds is 5. The Morgan fingerprint density at radius 3 is 2.78 bits per heavy atom. The first kappa shape index (κ1) is 19.0. The summed E-state index contributed by atoms with van der Waals surface area (Å²) in [6.07, 6.45) is 5.02. The molecule has 0 radical (unpaired) electrons. The SMILES string of the molecule is COc1cccc(O[C@H]2CCN(C(=O)/C=C/c3ccnn3C)CC[C@@H]2O)c1. The lowest BCUT2D eigenvalue weighted by Crippen LogP contribution is -2.31. The maximum Gasteiger partial charge on any atom is 0.246 e. The van der Waals surface area contributed by atoms with Crippen molar-refractivity contribution in [2.75, 3.05) is 20.2 Å². The summed E-state index contributed by atoms with van der Waals surface area (Å²) in [5.74, 6) is 1.27. The van der Waals surface area contributed by atoms with Crippen molar-refractivity contribution in [1.29, 1.82) is 0 Å². The van der Waals surface area contributed by atoms with E-state index in [4.69, 9.17) is 9.47 Å². The number of aliphatic hydroxyl groups excluding tert-OH is 1. The summed E-state index contributed by atoms with van der Waals surface area (Å²) in [6.45, 7) is 1.02. The highest BCUT2D eigenvalue weighted by Crippen LogP contribution is 2.23. The van der Waals surface area contributed by atoms with Gasteiger partial charge >= 0.3 is 0 Å². The molecule has 0 unspecified atom stereocenters. The summed E-state index contributed by atoms with van der Waals surface area (Å²) in [5, 5.41) is 14.5. The minimum Gasteiger partial charge on any atom is -0.497 e. The van der Waals surface area contributed by atoms with Crippen LogP contribution in [0.4, 0.5) is 0 Å². The van der Waals surface area contributed by atoms with E-state index in [9.17, 15) is 9.90 Å². The smallest absolute Gasteiger partial charge is 0.246 e. The number of aryl methyl sites for hydroxylation is 1. The average molecular weight is 371 g/mol. The van der Waals surface area contributed by atoms with Gasteiger partial charge < -0.3 is 19.5 Å². The van der Waals surface area contributed by atoms with Gasteiger partial charge in [-0.3, -0.25) is 9.48 Å². The first-order chi connectivity index (χ1) is 13.1. The van der Waals surface area contributed by atoms with E-state index < -0.39 is 6.10 Å². The van der Waals surface area contributed by atoms with Gasteiger partial charge in [-0.2, -0.15) is 5.10 Å². The maximum absolute atomic E-state index is 12.5. The van der Waals surface area contributed by atoms with Gasteiger partial charge in [0.15, 0.2) is 0 Å². The van der Waals surface area contributed by atoms with Gasteiger partial charge in [0.1, 0.15) is 17.6 Å². The monoisotopic (exact) mass is 371 g/mol. The summed E-state index contributed by atoms with van der Waals surface area (Å²) >= 11 is 0. The molecular weight excluding hydrogens is 346 g/mol. The first-order valence-corrected chi connectivity index (χ1v) is 9.00. The zero-order valence-corrected chi connectivity index (χ0v) is 15.6. The van der Waals surface area contributed by atoms with Gasteiger partial charge in [-0.25, -0.2) is 0 Å². The molecule has 1 aliphatic rings. The summed E-state index contributed by atoms with van der Waals surface area (Å²) in [6, 6.07) is 9.15. The molecule has 0 saturated carbocycles. The van der Waals surface area contributed by atoms with E-state index >= 15 is 0 Å². The number of hydrogen-bond acceptors (Lipinski definition) is 5. The third-order valence-electron chi connectivity index (χ3n) is 4.70. The van der Waals surface area contributed by atoms with Crippen LogP contribution in [-0.2, 0) is 11.8 Å². The normalized spacial score (nSPS) is 20.5. The molecule has 3 rings (SSSR count). The zero-order chi connectivity index (χ0) is 19.2. The number of hydrogen-bond donors (Lipinski definition) is 1. The first-order valence-electron chi connectivity index (χ1n) is 9.00. The second kappa shape index (κ2) is 8.73. The van der Waals surface area contributed by atoms with E-state index in [0.29, 0.717) is 37.4 Å². The molecule has 0 spiro atoms. The molecule has 1 aromatic heterocycles. The standard InChI is InChI=1S/C20H25N3O4/c1-22-15(8-11-21-22)6-7-20(25)23-12-9-18(24)19(10-13-23)27-17-5-3-4-16(14-17)26-2/h3-8,11,14,18-19,24H,9-10,12-13H2,1-2H3/b7-6+/t18-,19-/m0/s1.